The van der Waals surface area contributed by atoms with Crippen molar-refractivity contribution in [3.63, 3.8) is 0 Å². The Morgan fingerprint density at radius 2 is 1.80 bits per heavy atom. The molecule has 13 heteroatoms. The van der Waals surface area contributed by atoms with E-state index in [1.165, 1.54) is 55.6 Å². The molecular formula is C38H43Cl2F2N3O6. The molecule has 1 unspecified atom stereocenters. The van der Waals surface area contributed by atoms with Gasteiger partial charge in [0, 0.05) is 36.1 Å². The summed E-state index contributed by atoms with van der Waals surface area (Å²) in [5.41, 5.74) is -1.89. The van der Waals surface area contributed by atoms with Crippen LogP contribution in [0, 0.1) is 28.4 Å². The van der Waals surface area contributed by atoms with E-state index < -0.39 is 58.4 Å². The summed E-state index contributed by atoms with van der Waals surface area (Å²) in [6.07, 6.45) is 0.349. The Morgan fingerprint density at radius 3 is 2.45 bits per heavy atom. The molecule has 0 spiro atoms. The normalized spacial score (nSPS) is 20.8. The van der Waals surface area contributed by atoms with Gasteiger partial charge < -0.3 is 29.6 Å². The van der Waals surface area contributed by atoms with Crippen LogP contribution in [0.1, 0.15) is 67.9 Å². The van der Waals surface area contributed by atoms with Crippen LogP contribution < -0.4 is 15.4 Å². The van der Waals surface area contributed by atoms with Gasteiger partial charge in [-0.25, -0.2) is 13.6 Å². The van der Waals surface area contributed by atoms with Crippen LogP contribution in [-0.4, -0.2) is 64.1 Å². The molecule has 3 aromatic carbocycles. The van der Waals surface area contributed by atoms with E-state index in [4.69, 9.17) is 42.1 Å². The summed E-state index contributed by atoms with van der Waals surface area (Å²) in [6.45, 7) is 8.88. The molecule has 0 aliphatic carbocycles. The van der Waals surface area contributed by atoms with E-state index in [0.29, 0.717) is 32.7 Å². The van der Waals surface area contributed by atoms with Crippen molar-refractivity contribution in [1.82, 2.24) is 5.32 Å². The second kappa shape index (κ2) is 17.2. The summed E-state index contributed by atoms with van der Waals surface area (Å²) in [5, 5.41) is 17.1. The van der Waals surface area contributed by atoms with Crippen LogP contribution in [0.15, 0.2) is 54.6 Å². The number of halogens is 4. The molecule has 0 aromatic heterocycles. The molecule has 51 heavy (non-hydrogen) atoms. The lowest BCUT2D eigenvalue weighted by Crippen LogP contribution is -2.45. The maximum atomic E-state index is 16.0. The molecule has 1 aliphatic heterocycles. The fraction of sp³-hybridized carbons (Fsp3) is 0.447. The molecule has 1 heterocycles. The van der Waals surface area contributed by atoms with E-state index in [2.05, 4.69) is 16.7 Å². The van der Waals surface area contributed by atoms with Gasteiger partial charge in [0.15, 0.2) is 0 Å². The summed E-state index contributed by atoms with van der Waals surface area (Å²) in [7, 11) is 2.96. The number of esters is 1. The third-order valence-electron chi connectivity index (χ3n) is 8.84. The summed E-state index contributed by atoms with van der Waals surface area (Å²) in [4.78, 5) is 27.3. The topological polar surface area (TPSA) is 119 Å². The van der Waals surface area contributed by atoms with Crippen molar-refractivity contribution in [2.75, 3.05) is 39.4 Å². The molecule has 9 nitrogen and oxygen atoms in total. The Kier molecular flexibility index (Phi) is 13.4. The van der Waals surface area contributed by atoms with Crippen molar-refractivity contribution in [2.24, 2.45) is 5.41 Å². The fourth-order valence-corrected chi connectivity index (χ4v) is 6.83. The number of nitrogens with one attached hydrogen (secondary N) is 2. The van der Waals surface area contributed by atoms with Gasteiger partial charge in [0.25, 0.3) is 0 Å². The Balaban J connectivity index is 1.71. The highest BCUT2D eigenvalue weighted by molar-refractivity contribution is 6.31. The third kappa shape index (κ3) is 9.18. The molecule has 1 saturated heterocycles. The number of hydrogen-bond acceptors (Lipinski definition) is 8. The minimum Gasteiger partial charge on any atom is -0.495 e. The van der Waals surface area contributed by atoms with Crippen molar-refractivity contribution in [1.29, 1.82) is 5.26 Å². The van der Waals surface area contributed by atoms with E-state index in [1.807, 2.05) is 20.8 Å². The van der Waals surface area contributed by atoms with Crippen molar-refractivity contribution in [3.05, 3.63) is 93.0 Å². The first-order valence-corrected chi connectivity index (χ1v) is 17.3. The van der Waals surface area contributed by atoms with E-state index in [-0.39, 0.29) is 38.2 Å². The molecule has 0 bridgehead atoms. The number of carbonyl (C=O) groups excluding carboxylic acids is 2. The fourth-order valence-electron chi connectivity index (χ4n) is 6.49. The highest BCUT2D eigenvalue weighted by Crippen LogP contribution is 2.53. The molecule has 0 saturated carbocycles. The molecule has 1 amide bonds. The molecule has 1 fully saturated rings. The van der Waals surface area contributed by atoms with Crippen LogP contribution >= 0.6 is 23.2 Å². The Hall–Kier alpha value is -3.79. The Morgan fingerprint density at radius 1 is 1.06 bits per heavy atom. The van der Waals surface area contributed by atoms with Crippen molar-refractivity contribution in [3.8, 4) is 11.8 Å². The predicted molar refractivity (Wildman–Crippen MR) is 191 cm³/mol. The number of benzene rings is 3. The van der Waals surface area contributed by atoms with Crippen LogP contribution in [0.25, 0.3) is 0 Å². The minimum absolute atomic E-state index is 0.0351. The summed E-state index contributed by atoms with van der Waals surface area (Å²) >= 11 is 12.4. The number of nitrogens with zero attached hydrogens (tertiary/aromatic N) is 1. The molecule has 2 N–H and O–H groups in total. The molecule has 0 radical (unpaired) electrons. The monoisotopic (exact) mass is 745 g/mol. The largest absolute Gasteiger partial charge is 0.495 e. The van der Waals surface area contributed by atoms with E-state index in [9.17, 15) is 14.9 Å². The molecule has 1 aliphatic rings. The van der Waals surface area contributed by atoms with Gasteiger partial charge in [0.05, 0.1) is 55.3 Å². The summed E-state index contributed by atoms with van der Waals surface area (Å²) in [5.74, 6) is -3.96. The van der Waals surface area contributed by atoms with Crippen LogP contribution in [0.2, 0.25) is 10.0 Å². The van der Waals surface area contributed by atoms with Crippen LogP contribution in [0.5, 0.6) is 5.75 Å². The lowest BCUT2D eigenvalue weighted by molar-refractivity contribution is -0.118. The first-order valence-electron chi connectivity index (χ1n) is 16.5. The zero-order chi connectivity index (χ0) is 37.5. The van der Waals surface area contributed by atoms with Gasteiger partial charge in [0.2, 0.25) is 5.91 Å². The second-order valence-corrected chi connectivity index (χ2v) is 14.5. The highest BCUT2D eigenvalue weighted by atomic mass is 35.5. The number of nitriles is 1. The number of methoxy groups -OCH3 is 2. The predicted octanol–water partition coefficient (Wildman–Crippen LogP) is 7.84. The smallest absolute Gasteiger partial charge is 0.338 e. The summed E-state index contributed by atoms with van der Waals surface area (Å²) < 4.78 is 53.4. The number of anilines is 1. The van der Waals surface area contributed by atoms with Crippen molar-refractivity contribution >= 4 is 40.8 Å². The molecule has 4 rings (SSSR count). The van der Waals surface area contributed by atoms with Gasteiger partial charge in [-0.05, 0) is 60.7 Å². The van der Waals surface area contributed by atoms with Gasteiger partial charge in [0.1, 0.15) is 28.9 Å². The van der Waals surface area contributed by atoms with Crippen LogP contribution in [0.3, 0.4) is 0 Å². The van der Waals surface area contributed by atoms with E-state index >= 15 is 8.78 Å². The second-order valence-electron chi connectivity index (χ2n) is 13.7. The molecular weight excluding hydrogens is 703 g/mol. The number of rotatable bonds is 14. The van der Waals surface area contributed by atoms with Gasteiger partial charge >= 0.3 is 5.97 Å². The zero-order valence-corrected chi connectivity index (χ0v) is 31.0. The highest BCUT2D eigenvalue weighted by Gasteiger charge is 2.61. The maximum absolute atomic E-state index is 16.0. The number of hydrogen-bond donors (Lipinski definition) is 2. The summed E-state index contributed by atoms with van der Waals surface area (Å²) in [6, 6.07) is 12.9. The zero-order valence-electron chi connectivity index (χ0n) is 29.4. The quantitative estimate of drug-likeness (QED) is 0.127. The first-order chi connectivity index (χ1) is 24.2. The standard InChI is InChI=1S/C38H43Cl2F2N3O6/c1-22(14-15-50-17-16-48-5)51-36(47)23-10-13-29(30(18-23)49-6)44-35(46)34-32(25-8-7-9-27(40)33(25)42)38(21-43,31(45-34)20-37(2,3)4)26-12-11-24(39)19-28(26)41/h7-13,18-19,22,31-32,34,45H,14-17,20H2,1-6H3,(H,44,46)/t22?,31-,32-,34+,38-/m0/s1. The van der Waals surface area contributed by atoms with Crippen molar-refractivity contribution < 1.29 is 37.3 Å². The van der Waals surface area contributed by atoms with Gasteiger partial charge in [-0.1, -0.05) is 62.2 Å². The van der Waals surface area contributed by atoms with Crippen LogP contribution in [0.4, 0.5) is 14.5 Å². The van der Waals surface area contributed by atoms with Gasteiger partial charge in [-0.3, -0.25) is 4.79 Å². The Labute approximate surface area is 307 Å². The number of carbonyl (C=O) groups is 2. The van der Waals surface area contributed by atoms with Crippen molar-refractivity contribution in [2.45, 2.75) is 70.1 Å². The molecule has 3 aromatic rings. The first kappa shape index (κ1) is 40.0. The van der Waals surface area contributed by atoms with Crippen LogP contribution in [-0.2, 0) is 24.4 Å². The Bertz CT molecular complexity index is 1760. The van der Waals surface area contributed by atoms with E-state index in [1.54, 1.807) is 14.0 Å². The SMILES string of the molecule is COCCOCCC(C)OC(=O)c1ccc(NC(=O)[C@@H]2N[C@@H](CC(C)(C)C)[C@](C#N)(c3ccc(Cl)cc3F)[C@H]2c2cccc(Cl)c2F)c(OC)c1. The number of ether oxygens (including phenoxy) is 4. The lowest BCUT2D eigenvalue weighted by atomic mass is 9.62. The lowest BCUT2D eigenvalue weighted by Gasteiger charge is -2.37. The average molecular weight is 747 g/mol. The molecule has 274 valence electrons. The average Bonchev–Trinajstić information content (AvgIpc) is 3.38. The van der Waals surface area contributed by atoms with Gasteiger partial charge in [-0.2, -0.15) is 5.26 Å². The minimum atomic E-state index is -1.79. The maximum Gasteiger partial charge on any atom is 0.338 e. The van der Waals surface area contributed by atoms with Gasteiger partial charge in [-0.15, -0.1) is 0 Å². The third-order valence-corrected chi connectivity index (χ3v) is 9.36. The molecule has 5 atom stereocenters. The van der Waals surface area contributed by atoms with E-state index in [0.717, 1.165) is 6.07 Å². The number of amides is 1.